The minimum Gasteiger partial charge on any atom is -0.379 e. The van der Waals surface area contributed by atoms with Gasteiger partial charge < -0.3 is 5.32 Å². The van der Waals surface area contributed by atoms with Gasteiger partial charge in [0.15, 0.2) is 0 Å². The molecule has 2 rings (SSSR count). The van der Waals surface area contributed by atoms with Crippen LogP contribution in [-0.2, 0) is 0 Å². The molecule has 0 saturated heterocycles. The van der Waals surface area contributed by atoms with E-state index in [0.29, 0.717) is 22.1 Å². The summed E-state index contributed by atoms with van der Waals surface area (Å²) in [5.41, 5.74) is 0.375. The second kappa shape index (κ2) is 4.70. The van der Waals surface area contributed by atoms with Gasteiger partial charge in [-0.05, 0) is 47.2 Å². The zero-order valence-corrected chi connectivity index (χ0v) is 10.7. The predicted molar refractivity (Wildman–Crippen MR) is 64.5 cm³/mol. The summed E-state index contributed by atoms with van der Waals surface area (Å²) in [4.78, 5) is 0. The zero-order chi connectivity index (χ0) is 11.7. The van der Waals surface area contributed by atoms with Gasteiger partial charge in [-0.1, -0.05) is 6.92 Å². The molecule has 0 amide bonds. The minimum absolute atomic E-state index is 0.297. The predicted octanol–water partition coefficient (Wildman–Crippen LogP) is 4.33. The number of benzene rings is 1. The minimum atomic E-state index is -0.560. The van der Waals surface area contributed by atoms with E-state index in [1.54, 1.807) is 0 Å². The lowest BCUT2D eigenvalue weighted by atomic mass is 10.1. The Balaban J connectivity index is 2.15. The Bertz CT molecular complexity index is 372. The fourth-order valence-corrected chi connectivity index (χ4v) is 2.74. The zero-order valence-electron chi connectivity index (χ0n) is 9.06. The third-order valence-electron chi connectivity index (χ3n) is 3.05. The van der Waals surface area contributed by atoms with Crippen molar-refractivity contribution in [1.82, 2.24) is 0 Å². The molecular weight excluding hydrogens is 276 g/mol. The molecule has 1 nitrogen and oxygen atoms in total. The average Bonchev–Trinajstić information content (AvgIpc) is 2.58. The molecular formula is C12H14BrF2N. The van der Waals surface area contributed by atoms with E-state index in [0.717, 1.165) is 25.3 Å². The Morgan fingerprint density at radius 1 is 1.31 bits per heavy atom. The molecule has 1 aliphatic carbocycles. The van der Waals surface area contributed by atoms with Crippen molar-refractivity contribution in [3.8, 4) is 0 Å². The first-order valence-corrected chi connectivity index (χ1v) is 6.26. The third-order valence-corrected chi connectivity index (χ3v) is 3.68. The highest BCUT2D eigenvalue weighted by Gasteiger charge is 2.22. The molecule has 2 atom stereocenters. The molecule has 2 unspecified atom stereocenters. The lowest BCUT2D eigenvalue weighted by molar-refractivity contribution is 0.577. The molecule has 0 aromatic heterocycles. The van der Waals surface area contributed by atoms with Crippen LogP contribution in [0.5, 0.6) is 0 Å². The first-order valence-electron chi connectivity index (χ1n) is 5.47. The molecule has 16 heavy (non-hydrogen) atoms. The maximum atomic E-state index is 13.5. The van der Waals surface area contributed by atoms with Gasteiger partial charge in [0.25, 0.3) is 0 Å². The van der Waals surface area contributed by atoms with E-state index in [9.17, 15) is 8.78 Å². The number of rotatable bonds is 2. The van der Waals surface area contributed by atoms with Crippen molar-refractivity contribution in [3.63, 3.8) is 0 Å². The standard InChI is InChI=1S/C12H14BrF2N/c1-7-2-3-9(4-7)16-12-10(13)5-8(14)6-11(12)15/h5-7,9,16H,2-4H2,1H3. The highest BCUT2D eigenvalue weighted by atomic mass is 79.9. The summed E-state index contributed by atoms with van der Waals surface area (Å²) in [6.45, 7) is 2.19. The third kappa shape index (κ3) is 2.54. The molecule has 1 aromatic rings. The molecule has 0 heterocycles. The summed E-state index contributed by atoms with van der Waals surface area (Å²) in [6, 6.07) is 2.49. The van der Waals surface area contributed by atoms with E-state index in [4.69, 9.17) is 0 Å². The lowest BCUT2D eigenvalue weighted by Crippen LogP contribution is -2.16. The Morgan fingerprint density at radius 3 is 2.62 bits per heavy atom. The summed E-state index contributed by atoms with van der Waals surface area (Å²) in [6.07, 6.45) is 3.26. The molecule has 0 aliphatic heterocycles. The Hall–Kier alpha value is -0.640. The summed E-state index contributed by atoms with van der Waals surface area (Å²) < 4.78 is 26.9. The topological polar surface area (TPSA) is 12.0 Å². The van der Waals surface area contributed by atoms with Crippen molar-refractivity contribution in [2.24, 2.45) is 5.92 Å². The molecule has 1 fully saturated rings. The molecule has 1 saturated carbocycles. The van der Waals surface area contributed by atoms with Gasteiger partial charge in [0, 0.05) is 16.6 Å². The van der Waals surface area contributed by atoms with E-state index in [1.807, 2.05) is 0 Å². The van der Waals surface area contributed by atoms with Crippen LogP contribution in [0.1, 0.15) is 26.2 Å². The van der Waals surface area contributed by atoms with Crippen molar-refractivity contribution in [1.29, 1.82) is 0 Å². The number of nitrogens with one attached hydrogen (secondary N) is 1. The van der Waals surface area contributed by atoms with Gasteiger partial charge in [-0.3, -0.25) is 0 Å². The highest BCUT2D eigenvalue weighted by Crippen LogP contribution is 2.32. The number of hydrogen-bond acceptors (Lipinski definition) is 1. The monoisotopic (exact) mass is 289 g/mol. The van der Waals surface area contributed by atoms with E-state index in [1.165, 1.54) is 6.07 Å². The van der Waals surface area contributed by atoms with Crippen LogP contribution in [-0.4, -0.2) is 6.04 Å². The number of halogens is 3. The smallest absolute Gasteiger partial charge is 0.150 e. The second-order valence-corrected chi connectivity index (χ2v) is 5.36. The highest BCUT2D eigenvalue weighted by molar-refractivity contribution is 9.10. The summed E-state index contributed by atoms with van der Waals surface area (Å²) in [5.74, 6) is -0.416. The van der Waals surface area contributed by atoms with Gasteiger partial charge in [-0.25, -0.2) is 8.78 Å². The first-order chi connectivity index (χ1) is 7.56. The molecule has 1 N–H and O–H groups in total. The fraction of sp³-hybridized carbons (Fsp3) is 0.500. The van der Waals surface area contributed by atoms with Crippen LogP contribution in [0.25, 0.3) is 0 Å². The normalized spacial score (nSPS) is 24.8. The van der Waals surface area contributed by atoms with E-state index in [2.05, 4.69) is 28.2 Å². The second-order valence-electron chi connectivity index (χ2n) is 4.50. The first kappa shape index (κ1) is 11.8. The van der Waals surface area contributed by atoms with E-state index >= 15 is 0 Å². The van der Waals surface area contributed by atoms with Crippen LogP contribution < -0.4 is 5.32 Å². The van der Waals surface area contributed by atoms with Crippen molar-refractivity contribution < 1.29 is 8.78 Å². The molecule has 0 radical (unpaired) electrons. The molecule has 0 spiro atoms. The summed E-state index contributed by atoms with van der Waals surface area (Å²) in [5, 5.41) is 3.15. The van der Waals surface area contributed by atoms with Crippen molar-refractivity contribution >= 4 is 21.6 Å². The van der Waals surface area contributed by atoms with Gasteiger partial charge in [0.2, 0.25) is 0 Å². The van der Waals surface area contributed by atoms with Gasteiger partial charge in [-0.15, -0.1) is 0 Å². The van der Waals surface area contributed by atoms with Crippen LogP contribution in [0.4, 0.5) is 14.5 Å². The SMILES string of the molecule is CC1CCC(Nc2c(F)cc(F)cc2Br)C1. The molecule has 1 aromatic carbocycles. The Kier molecular flexibility index (Phi) is 3.47. The molecule has 0 bridgehead atoms. The van der Waals surface area contributed by atoms with Crippen molar-refractivity contribution in [3.05, 3.63) is 28.2 Å². The maximum absolute atomic E-state index is 13.5. The van der Waals surface area contributed by atoms with Crippen molar-refractivity contribution in [2.45, 2.75) is 32.2 Å². The maximum Gasteiger partial charge on any atom is 0.150 e. The number of anilines is 1. The summed E-state index contributed by atoms with van der Waals surface area (Å²) in [7, 11) is 0. The average molecular weight is 290 g/mol. The van der Waals surface area contributed by atoms with Crippen LogP contribution in [0.2, 0.25) is 0 Å². The molecule has 4 heteroatoms. The number of hydrogen-bond donors (Lipinski definition) is 1. The van der Waals surface area contributed by atoms with Gasteiger partial charge in [0.05, 0.1) is 5.69 Å². The quantitative estimate of drug-likeness (QED) is 0.855. The van der Waals surface area contributed by atoms with Gasteiger partial charge in [-0.2, -0.15) is 0 Å². The Morgan fingerprint density at radius 2 is 2.06 bits per heavy atom. The van der Waals surface area contributed by atoms with Crippen LogP contribution in [0.3, 0.4) is 0 Å². The fourth-order valence-electron chi connectivity index (χ4n) is 2.22. The van der Waals surface area contributed by atoms with Crippen LogP contribution in [0.15, 0.2) is 16.6 Å². The lowest BCUT2D eigenvalue weighted by Gasteiger charge is -2.16. The molecule has 1 aliphatic rings. The van der Waals surface area contributed by atoms with Gasteiger partial charge in [0.1, 0.15) is 11.6 Å². The van der Waals surface area contributed by atoms with Crippen LogP contribution in [0, 0.1) is 17.6 Å². The Labute approximate surface area is 102 Å². The molecule has 88 valence electrons. The van der Waals surface area contributed by atoms with E-state index < -0.39 is 11.6 Å². The van der Waals surface area contributed by atoms with Crippen molar-refractivity contribution in [2.75, 3.05) is 5.32 Å². The largest absolute Gasteiger partial charge is 0.379 e. The van der Waals surface area contributed by atoms with E-state index in [-0.39, 0.29) is 0 Å². The van der Waals surface area contributed by atoms with Gasteiger partial charge >= 0.3 is 0 Å². The van der Waals surface area contributed by atoms with Crippen LogP contribution >= 0.6 is 15.9 Å². The summed E-state index contributed by atoms with van der Waals surface area (Å²) >= 11 is 3.18.